The molecule has 106 valence electrons. The molecule has 2 aromatic rings. The molecule has 0 atom stereocenters. The maximum atomic E-state index is 12.7. The van der Waals surface area contributed by atoms with Crippen molar-refractivity contribution in [3.05, 3.63) is 40.8 Å². The van der Waals surface area contributed by atoms with Crippen LogP contribution < -0.4 is 11.1 Å². The van der Waals surface area contributed by atoms with Gasteiger partial charge >= 0.3 is 6.18 Å². The fourth-order valence-corrected chi connectivity index (χ4v) is 1.67. The Hall–Kier alpha value is -2.02. The largest absolute Gasteiger partial charge is 0.416 e. The van der Waals surface area contributed by atoms with Crippen LogP contribution in [0, 0.1) is 6.92 Å². The first-order valence-electron chi connectivity index (χ1n) is 5.50. The van der Waals surface area contributed by atoms with Crippen molar-refractivity contribution in [2.75, 3.05) is 11.1 Å². The maximum absolute atomic E-state index is 12.7. The number of nitrogen functional groups attached to an aromatic ring is 1. The van der Waals surface area contributed by atoms with Gasteiger partial charge in [-0.25, -0.2) is 9.97 Å². The third-order valence-electron chi connectivity index (χ3n) is 2.65. The minimum atomic E-state index is -4.42. The minimum Gasteiger partial charge on any atom is -0.393 e. The van der Waals surface area contributed by atoms with Crippen molar-refractivity contribution in [1.82, 2.24) is 9.97 Å². The molecule has 0 saturated carbocycles. The molecule has 0 radical (unpaired) electrons. The van der Waals surface area contributed by atoms with Crippen LogP contribution in [0.3, 0.4) is 0 Å². The van der Waals surface area contributed by atoms with Crippen LogP contribution in [0.2, 0.25) is 5.15 Å². The van der Waals surface area contributed by atoms with Gasteiger partial charge in [0.05, 0.1) is 5.56 Å². The first-order chi connectivity index (χ1) is 9.29. The second-order valence-corrected chi connectivity index (χ2v) is 4.44. The van der Waals surface area contributed by atoms with E-state index < -0.39 is 11.7 Å². The summed E-state index contributed by atoms with van der Waals surface area (Å²) in [4.78, 5) is 7.52. The molecule has 0 amide bonds. The van der Waals surface area contributed by atoms with Gasteiger partial charge in [0, 0.05) is 5.69 Å². The van der Waals surface area contributed by atoms with Gasteiger partial charge in [-0.2, -0.15) is 13.2 Å². The number of halogens is 4. The Balaban J connectivity index is 2.41. The Morgan fingerprint density at radius 1 is 1.25 bits per heavy atom. The molecule has 1 aromatic carbocycles. The summed E-state index contributed by atoms with van der Waals surface area (Å²) in [6, 6.07) is 3.37. The number of benzene rings is 1. The summed E-state index contributed by atoms with van der Waals surface area (Å²) in [6.45, 7) is 1.67. The number of alkyl halides is 3. The molecule has 0 saturated heterocycles. The van der Waals surface area contributed by atoms with Gasteiger partial charge in [0.2, 0.25) is 0 Å². The number of hydrogen-bond donors (Lipinski definition) is 2. The van der Waals surface area contributed by atoms with E-state index in [0.29, 0.717) is 5.56 Å². The molecular weight excluding hydrogens is 293 g/mol. The van der Waals surface area contributed by atoms with Gasteiger partial charge in [-0.1, -0.05) is 17.7 Å². The molecule has 4 nitrogen and oxygen atoms in total. The van der Waals surface area contributed by atoms with E-state index in [4.69, 9.17) is 17.3 Å². The molecule has 0 aliphatic rings. The van der Waals surface area contributed by atoms with Crippen molar-refractivity contribution in [1.29, 1.82) is 0 Å². The van der Waals surface area contributed by atoms with Crippen molar-refractivity contribution in [3.63, 3.8) is 0 Å². The topological polar surface area (TPSA) is 63.8 Å². The molecule has 0 fully saturated rings. The van der Waals surface area contributed by atoms with E-state index in [-0.39, 0.29) is 22.3 Å². The Bertz CT molecular complexity index is 643. The predicted molar refractivity (Wildman–Crippen MR) is 70.9 cm³/mol. The second kappa shape index (κ2) is 5.16. The third-order valence-corrected chi connectivity index (χ3v) is 2.95. The van der Waals surface area contributed by atoms with Crippen LogP contribution in [0.4, 0.5) is 30.4 Å². The van der Waals surface area contributed by atoms with Gasteiger partial charge in [0.25, 0.3) is 0 Å². The number of nitrogens with one attached hydrogen (secondary N) is 1. The molecule has 1 aromatic heterocycles. The molecule has 1 heterocycles. The van der Waals surface area contributed by atoms with E-state index in [9.17, 15) is 13.2 Å². The Morgan fingerprint density at radius 2 is 1.95 bits per heavy atom. The van der Waals surface area contributed by atoms with Crippen LogP contribution in [-0.2, 0) is 6.18 Å². The van der Waals surface area contributed by atoms with E-state index in [1.54, 1.807) is 6.92 Å². The summed E-state index contributed by atoms with van der Waals surface area (Å²) in [6.07, 6.45) is -3.25. The lowest BCUT2D eigenvalue weighted by Gasteiger charge is -2.14. The number of nitrogens with two attached hydrogens (primary N) is 1. The molecular formula is C12H10ClF3N4. The first kappa shape index (κ1) is 14.4. The number of anilines is 3. The highest BCUT2D eigenvalue weighted by molar-refractivity contribution is 6.32. The van der Waals surface area contributed by atoms with Gasteiger partial charge < -0.3 is 11.1 Å². The van der Waals surface area contributed by atoms with Crippen molar-refractivity contribution < 1.29 is 13.2 Å². The highest BCUT2D eigenvalue weighted by atomic mass is 35.5. The van der Waals surface area contributed by atoms with Gasteiger partial charge in [-0.3, -0.25) is 0 Å². The van der Waals surface area contributed by atoms with Crippen LogP contribution in [0.5, 0.6) is 0 Å². The Labute approximate surface area is 117 Å². The lowest BCUT2D eigenvalue weighted by molar-refractivity contribution is -0.137. The van der Waals surface area contributed by atoms with E-state index in [0.717, 1.165) is 12.1 Å². The zero-order valence-electron chi connectivity index (χ0n) is 10.3. The molecule has 0 aliphatic heterocycles. The van der Waals surface area contributed by atoms with Crippen molar-refractivity contribution in [2.24, 2.45) is 0 Å². The molecule has 2 rings (SSSR count). The summed E-state index contributed by atoms with van der Waals surface area (Å²) in [5, 5.41) is 2.77. The quantitative estimate of drug-likeness (QED) is 0.829. The zero-order valence-corrected chi connectivity index (χ0v) is 11.0. The molecule has 0 spiro atoms. The van der Waals surface area contributed by atoms with Crippen molar-refractivity contribution in [3.8, 4) is 0 Å². The normalized spacial score (nSPS) is 11.4. The van der Waals surface area contributed by atoms with Crippen LogP contribution in [0.15, 0.2) is 24.5 Å². The average Bonchev–Trinajstić information content (AvgIpc) is 2.36. The van der Waals surface area contributed by atoms with Crippen molar-refractivity contribution in [2.45, 2.75) is 13.1 Å². The fraction of sp³-hybridized carbons (Fsp3) is 0.167. The van der Waals surface area contributed by atoms with Gasteiger partial charge in [-0.05, 0) is 24.6 Å². The zero-order chi connectivity index (χ0) is 14.9. The summed E-state index contributed by atoms with van der Waals surface area (Å²) in [5.41, 5.74) is 5.85. The highest BCUT2D eigenvalue weighted by Crippen LogP contribution is 2.33. The molecule has 0 unspecified atom stereocenters. The van der Waals surface area contributed by atoms with Crippen molar-refractivity contribution >= 4 is 28.8 Å². The Kier molecular flexibility index (Phi) is 3.71. The SMILES string of the molecule is Cc1ccc(C(F)(F)F)cc1Nc1ncnc(Cl)c1N. The lowest BCUT2D eigenvalue weighted by Crippen LogP contribution is -2.07. The molecule has 0 aliphatic carbocycles. The number of aromatic nitrogens is 2. The number of aryl methyl sites for hydroxylation is 1. The predicted octanol–water partition coefficient (Wildman–Crippen LogP) is 3.78. The van der Waals surface area contributed by atoms with Crippen LogP contribution in [0.25, 0.3) is 0 Å². The van der Waals surface area contributed by atoms with E-state index >= 15 is 0 Å². The smallest absolute Gasteiger partial charge is 0.393 e. The van der Waals surface area contributed by atoms with Gasteiger partial charge in [0.1, 0.15) is 12.0 Å². The second-order valence-electron chi connectivity index (χ2n) is 4.08. The molecule has 20 heavy (non-hydrogen) atoms. The number of hydrogen-bond acceptors (Lipinski definition) is 4. The third kappa shape index (κ3) is 2.93. The van der Waals surface area contributed by atoms with Gasteiger partial charge in [0.15, 0.2) is 11.0 Å². The monoisotopic (exact) mass is 302 g/mol. The summed E-state index contributed by atoms with van der Waals surface area (Å²) < 4.78 is 38.0. The lowest BCUT2D eigenvalue weighted by atomic mass is 10.1. The summed E-state index contributed by atoms with van der Waals surface area (Å²) in [5.74, 6) is 0.160. The average molecular weight is 303 g/mol. The Morgan fingerprint density at radius 3 is 2.60 bits per heavy atom. The molecule has 0 bridgehead atoms. The standard InChI is InChI=1S/C12H10ClF3N4/c1-6-2-3-7(12(14,15)16)4-8(6)20-11-9(17)10(13)18-5-19-11/h2-5H,17H2,1H3,(H,18,19,20). The van der Waals surface area contributed by atoms with E-state index in [2.05, 4.69) is 15.3 Å². The highest BCUT2D eigenvalue weighted by Gasteiger charge is 2.30. The van der Waals surface area contributed by atoms with E-state index in [1.807, 2.05) is 0 Å². The van der Waals surface area contributed by atoms with Crippen LogP contribution in [0.1, 0.15) is 11.1 Å². The van der Waals surface area contributed by atoms with Gasteiger partial charge in [-0.15, -0.1) is 0 Å². The van der Waals surface area contributed by atoms with Crippen LogP contribution >= 0.6 is 11.6 Å². The molecule has 8 heteroatoms. The van der Waals surface area contributed by atoms with E-state index in [1.165, 1.54) is 12.4 Å². The number of nitrogens with zero attached hydrogens (tertiary/aromatic N) is 2. The van der Waals surface area contributed by atoms with Crippen LogP contribution in [-0.4, -0.2) is 9.97 Å². The summed E-state index contributed by atoms with van der Waals surface area (Å²) in [7, 11) is 0. The summed E-state index contributed by atoms with van der Waals surface area (Å²) >= 11 is 5.73. The molecule has 3 N–H and O–H groups in total. The maximum Gasteiger partial charge on any atom is 0.416 e. The number of rotatable bonds is 2. The minimum absolute atomic E-state index is 0.0344. The first-order valence-corrected chi connectivity index (χ1v) is 5.87. The fourth-order valence-electron chi connectivity index (χ4n) is 1.53.